The molecule has 1 aromatic heterocycles. The van der Waals surface area contributed by atoms with Gasteiger partial charge in [0.25, 0.3) is 0 Å². The number of nitrogens with zero attached hydrogens (tertiary/aromatic N) is 2. The number of benzene rings is 2. The Morgan fingerprint density at radius 3 is 2.53 bits per heavy atom. The van der Waals surface area contributed by atoms with Crippen molar-refractivity contribution in [3.63, 3.8) is 0 Å². The molecule has 0 amide bonds. The number of imidazole rings is 1. The largest absolute Gasteiger partial charge is 0.393 e. The fourth-order valence-corrected chi connectivity index (χ4v) is 10.1. The van der Waals surface area contributed by atoms with Crippen LogP contribution in [0.3, 0.4) is 0 Å². The van der Waals surface area contributed by atoms with Gasteiger partial charge >= 0.3 is 0 Å². The van der Waals surface area contributed by atoms with Gasteiger partial charge in [-0.25, -0.2) is 18.1 Å². The summed E-state index contributed by atoms with van der Waals surface area (Å²) in [5.74, 6) is 1.54. The Balaban J connectivity index is 1.10. The average molecular weight is 504 g/mol. The van der Waals surface area contributed by atoms with Gasteiger partial charge in [-0.1, -0.05) is 54.6 Å². The first-order valence-corrected chi connectivity index (χ1v) is 14.9. The van der Waals surface area contributed by atoms with Crippen LogP contribution in [0.1, 0.15) is 55.7 Å². The quantitative estimate of drug-likeness (QED) is 0.497. The number of rotatable bonds is 7. The number of aromatic nitrogens is 2. The van der Waals surface area contributed by atoms with Gasteiger partial charge in [-0.15, -0.1) is 0 Å². The Hall–Kier alpha value is -2.48. The topological polar surface area (TPSA) is 84.2 Å². The standard InChI is InChI=1S/C29H33N3O3S/c33-27(12-25-23-8-4-5-9-24(23)26-16-30-18-32(25)26)28-21-10-20-11-22(28)15-29(13-20,14-21)31-36(34,35)17-19-6-2-1-3-7-19/h1-9,16,18,20-22,25,27-28,31,33H,10-15,17H2. The molecule has 3 aromatic rings. The molecule has 4 atom stereocenters. The monoisotopic (exact) mass is 503 g/mol. The molecule has 0 spiro atoms. The third-order valence-corrected chi connectivity index (χ3v) is 10.9. The Morgan fingerprint density at radius 1 is 1.03 bits per heavy atom. The van der Waals surface area contributed by atoms with Gasteiger partial charge in [0, 0.05) is 11.1 Å². The van der Waals surface area contributed by atoms with E-state index in [0.717, 1.165) is 43.4 Å². The summed E-state index contributed by atoms with van der Waals surface area (Å²) in [4.78, 5) is 4.37. The predicted octanol–water partition coefficient (Wildman–Crippen LogP) is 4.52. The van der Waals surface area contributed by atoms with Crippen LogP contribution in [-0.2, 0) is 15.8 Å². The van der Waals surface area contributed by atoms with Gasteiger partial charge in [0.2, 0.25) is 10.0 Å². The molecule has 36 heavy (non-hydrogen) atoms. The van der Waals surface area contributed by atoms with E-state index >= 15 is 0 Å². The molecule has 8 rings (SSSR count). The van der Waals surface area contributed by atoms with E-state index in [-0.39, 0.29) is 23.3 Å². The van der Waals surface area contributed by atoms with E-state index in [0.29, 0.717) is 24.2 Å². The summed E-state index contributed by atoms with van der Waals surface area (Å²) >= 11 is 0. The van der Waals surface area contributed by atoms with Gasteiger partial charge in [0.15, 0.2) is 0 Å². The van der Waals surface area contributed by atoms with Crippen LogP contribution in [0.5, 0.6) is 0 Å². The highest BCUT2D eigenvalue weighted by Crippen LogP contribution is 2.60. The molecule has 4 saturated carbocycles. The fraction of sp³-hybridized carbons (Fsp3) is 0.483. The zero-order valence-electron chi connectivity index (χ0n) is 20.3. The molecule has 188 valence electrons. The Morgan fingerprint density at radius 2 is 1.75 bits per heavy atom. The van der Waals surface area contributed by atoms with Gasteiger partial charge in [0.1, 0.15) is 0 Å². The van der Waals surface area contributed by atoms with E-state index in [4.69, 9.17) is 0 Å². The highest BCUT2D eigenvalue weighted by Gasteiger charge is 2.58. The molecule has 4 unspecified atom stereocenters. The molecule has 4 bridgehead atoms. The second-order valence-electron chi connectivity index (χ2n) is 11.8. The van der Waals surface area contributed by atoms with Crippen LogP contribution in [0.4, 0.5) is 0 Å². The smallest absolute Gasteiger partial charge is 0.216 e. The van der Waals surface area contributed by atoms with Gasteiger partial charge < -0.3 is 9.67 Å². The van der Waals surface area contributed by atoms with Crippen molar-refractivity contribution in [2.75, 3.05) is 0 Å². The van der Waals surface area contributed by atoms with E-state index in [1.54, 1.807) is 0 Å². The maximum Gasteiger partial charge on any atom is 0.216 e. The second-order valence-corrected chi connectivity index (χ2v) is 13.5. The molecule has 5 aliphatic rings. The van der Waals surface area contributed by atoms with Gasteiger partial charge in [0.05, 0.1) is 36.1 Å². The van der Waals surface area contributed by atoms with Gasteiger partial charge in [-0.2, -0.15) is 0 Å². The van der Waals surface area contributed by atoms with Gasteiger partial charge in [-0.05, 0) is 73.3 Å². The molecule has 4 aliphatic carbocycles. The molecule has 6 nitrogen and oxygen atoms in total. The van der Waals surface area contributed by atoms with Crippen LogP contribution >= 0.6 is 0 Å². The molecular formula is C29H33N3O3S. The number of hydrogen-bond acceptors (Lipinski definition) is 4. The first kappa shape index (κ1) is 22.7. The molecule has 0 radical (unpaired) electrons. The van der Waals surface area contributed by atoms with Crippen molar-refractivity contribution in [1.82, 2.24) is 14.3 Å². The van der Waals surface area contributed by atoms with Crippen LogP contribution < -0.4 is 4.72 Å². The van der Waals surface area contributed by atoms with Crippen molar-refractivity contribution in [2.24, 2.45) is 23.7 Å². The molecule has 7 heteroatoms. The highest BCUT2D eigenvalue weighted by atomic mass is 32.2. The molecule has 0 saturated heterocycles. The fourth-order valence-electron chi connectivity index (χ4n) is 8.54. The molecular weight excluding hydrogens is 470 g/mol. The van der Waals surface area contributed by atoms with E-state index in [1.807, 2.05) is 42.9 Å². The zero-order chi connectivity index (χ0) is 24.5. The lowest BCUT2D eigenvalue weighted by atomic mass is 9.48. The summed E-state index contributed by atoms with van der Waals surface area (Å²) in [5, 5.41) is 11.7. The van der Waals surface area contributed by atoms with Gasteiger partial charge in [-0.3, -0.25) is 0 Å². The first-order chi connectivity index (χ1) is 17.4. The number of fused-ring (bicyclic) bond motifs is 3. The van der Waals surface area contributed by atoms with Crippen molar-refractivity contribution in [2.45, 2.75) is 62.0 Å². The average Bonchev–Trinajstić information content (AvgIpc) is 3.41. The van der Waals surface area contributed by atoms with Crippen molar-refractivity contribution in [1.29, 1.82) is 0 Å². The summed E-state index contributed by atoms with van der Waals surface area (Å²) in [5.41, 5.74) is 4.07. The zero-order valence-corrected chi connectivity index (χ0v) is 21.1. The van der Waals surface area contributed by atoms with E-state index in [9.17, 15) is 13.5 Å². The molecule has 2 heterocycles. The van der Waals surface area contributed by atoms with Crippen LogP contribution in [-0.4, -0.2) is 34.7 Å². The van der Waals surface area contributed by atoms with E-state index < -0.39 is 16.1 Å². The van der Waals surface area contributed by atoms with Crippen LogP contribution in [0.15, 0.2) is 67.1 Å². The Kier molecular flexibility index (Phi) is 5.21. The minimum atomic E-state index is -3.44. The molecule has 1 aliphatic heterocycles. The number of sulfonamides is 1. The lowest BCUT2D eigenvalue weighted by molar-refractivity contribution is -0.106. The first-order valence-electron chi connectivity index (χ1n) is 13.2. The summed E-state index contributed by atoms with van der Waals surface area (Å²) in [6.45, 7) is 0. The molecule has 4 fully saturated rings. The Labute approximate surface area is 212 Å². The van der Waals surface area contributed by atoms with Crippen LogP contribution in [0.25, 0.3) is 11.3 Å². The number of aliphatic hydroxyl groups is 1. The Bertz CT molecular complexity index is 1370. The van der Waals surface area contributed by atoms with Crippen molar-refractivity contribution in [3.05, 3.63) is 78.2 Å². The van der Waals surface area contributed by atoms with E-state index in [2.05, 4.69) is 38.5 Å². The van der Waals surface area contributed by atoms with E-state index in [1.165, 1.54) is 11.1 Å². The second kappa shape index (κ2) is 8.27. The maximum atomic E-state index is 13.2. The third kappa shape index (κ3) is 3.75. The normalized spacial score (nSPS) is 32.9. The predicted molar refractivity (Wildman–Crippen MR) is 138 cm³/mol. The lowest BCUT2D eigenvalue weighted by Gasteiger charge is -2.61. The van der Waals surface area contributed by atoms with Crippen LogP contribution in [0, 0.1) is 23.7 Å². The molecule has 2 N–H and O–H groups in total. The van der Waals surface area contributed by atoms with Crippen molar-refractivity contribution >= 4 is 10.0 Å². The minimum absolute atomic E-state index is 0.0238. The SMILES string of the molecule is O=S(=O)(Cc1ccccc1)NC12CC3CC(C1)C(C(O)CC1c4ccccc4-c4cncn41)C(C3)C2. The minimum Gasteiger partial charge on any atom is -0.393 e. The lowest BCUT2D eigenvalue weighted by Crippen LogP contribution is -2.63. The third-order valence-electron chi connectivity index (χ3n) is 9.42. The maximum absolute atomic E-state index is 13.2. The molecule has 2 aromatic carbocycles. The van der Waals surface area contributed by atoms with Crippen LogP contribution in [0.2, 0.25) is 0 Å². The number of aliphatic hydroxyl groups excluding tert-OH is 1. The van der Waals surface area contributed by atoms with Crippen molar-refractivity contribution < 1.29 is 13.5 Å². The number of nitrogens with one attached hydrogen (secondary N) is 1. The highest BCUT2D eigenvalue weighted by molar-refractivity contribution is 7.88. The summed E-state index contributed by atoms with van der Waals surface area (Å²) in [7, 11) is -3.44. The number of hydrogen-bond donors (Lipinski definition) is 2. The summed E-state index contributed by atoms with van der Waals surface area (Å²) < 4.78 is 31.7. The summed E-state index contributed by atoms with van der Waals surface area (Å²) in [6, 6.07) is 18.0. The summed E-state index contributed by atoms with van der Waals surface area (Å²) in [6.07, 6.45) is 8.90. The van der Waals surface area contributed by atoms with Crippen molar-refractivity contribution in [3.8, 4) is 11.3 Å².